The summed E-state index contributed by atoms with van der Waals surface area (Å²) in [4.78, 5) is 4.50. The zero-order chi connectivity index (χ0) is 20.3. The van der Waals surface area contributed by atoms with Crippen LogP contribution in [-0.2, 0) is 23.1 Å². The minimum absolute atomic E-state index is 0.226. The maximum absolute atomic E-state index is 12.8. The topological polar surface area (TPSA) is 73.2 Å². The molecule has 0 aliphatic heterocycles. The maximum Gasteiger partial charge on any atom is 0.241 e. The van der Waals surface area contributed by atoms with Crippen molar-refractivity contribution in [2.75, 3.05) is 7.11 Å². The summed E-state index contributed by atoms with van der Waals surface area (Å²) < 4.78 is 35.6. The molecule has 28 heavy (non-hydrogen) atoms. The molecule has 0 spiro atoms. The number of rotatable bonds is 7. The molecule has 2 aromatic carbocycles. The van der Waals surface area contributed by atoms with Gasteiger partial charge in [0.1, 0.15) is 11.6 Å². The summed E-state index contributed by atoms with van der Waals surface area (Å²) in [6.07, 6.45) is 3.70. The van der Waals surface area contributed by atoms with Gasteiger partial charge in [0.25, 0.3) is 0 Å². The monoisotopic (exact) mass is 399 g/mol. The van der Waals surface area contributed by atoms with Gasteiger partial charge in [0.05, 0.1) is 12.0 Å². The predicted octanol–water partition coefficient (Wildman–Crippen LogP) is 3.34. The molecule has 0 radical (unpaired) electrons. The number of aromatic nitrogens is 2. The van der Waals surface area contributed by atoms with Crippen molar-refractivity contribution in [1.29, 1.82) is 0 Å². The largest absolute Gasteiger partial charge is 0.496 e. The van der Waals surface area contributed by atoms with Crippen molar-refractivity contribution >= 4 is 10.0 Å². The van der Waals surface area contributed by atoms with E-state index >= 15 is 0 Å². The maximum atomic E-state index is 12.8. The third-order valence-electron chi connectivity index (χ3n) is 4.72. The lowest BCUT2D eigenvalue weighted by Gasteiger charge is -2.13. The van der Waals surface area contributed by atoms with Crippen LogP contribution in [0.15, 0.2) is 53.7 Å². The highest BCUT2D eigenvalue weighted by Crippen LogP contribution is 2.25. The average molecular weight is 400 g/mol. The Morgan fingerprint density at radius 3 is 2.50 bits per heavy atom. The molecule has 0 aliphatic rings. The van der Waals surface area contributed by atoms with Crippen molar-refractivity contribution < 1.29 is 13.2 Å². The molecule has 0 unspecified atom stereocenters. The summed E-state index contributed by atoms with van der Waals surface area (Å²) in [7, 11) is -2.05. The van der Waals surface area contributed by atoms with Gasteiger partial charge >= 0.3 is 0 Å². The fourth-order valence-corrected chi connectivity index (χ4v) is 4.46. The number of benzene rings is 2. The highest BCUT2D eigenvalue weighted by molar-refractivity contribution is 7.89. The van der Waals surface area contributed by atoms with Crippen LogP contribution in [0.2, 0.25) is 0 Å². The van der Waals surface area contributed by atoms with Gasteiger partial charge in [-0.15, -0.1) is 0 Å². The normalized spacial score (nSPS) is 11.6. The van der Waals surface area contributed by atoms with Crippen LogP contribution in [0.4, 0.5) is 0 Å². The van der Waals surface area contributed by atoms with E-state index in [1.165, 1.54) is 0 Å². The van der Waals surface area contributed by atoms with E-state index in [9.17, 15) is 8.42 Å². The third kappa shape index (κ3) is 4.43. The van der Waals surface area contributed by atoms with Crippen molar-refractivity contribution in [2.45, 2.75) is 38.8 Å². The number of hydrogen-bond acceptors (Lipinski definition) is 4. The summed E-state index contributed by atoms with van der Waals surface area (Å²) in [5.41, 5.74) is 3.43. The molecule has 6 nitrogen and oxygen atoms in total. The van der Waals surface area contributed by atoms with Crippen LogP contribution >= 0.6 is 0 Å². The zero-order valence-electron chi connectivity index (χ0n) is 16.6. The van der Waals surface area contributed by atoms with E-state index in [2.05, 4.69) is 9.71 Å². The second-order valence-corrected chi connectivity index (χ2v) is 8.57. The van der Waals surface area contributed by atoms with Gasteiger partial charge in [-0.1, -0.05) is 24.3 Å². The average Bonchev–Trinajstić information content (AvgIpc) is 3.06. The summed E-state index contributed by atoms with van der Waals surface area (Å²) >= 11 is 0. The Bertz CT molecular complexity index is 1090. The van der Waals surface area contributed by atoms with Crippen LogP contribution in [-0.4, -0.2) is 25.1 Å². The summed E-state index contributed by atoms with van der Waals surface area (Å²) in [6, 6.07) is 11.3. The van der Waals surface area contributed by atoms with E-state index in [1.54, 1.807) is 32.4 Å². The lowest BCUT2D eigenvalue weighted by molar-refractivity contribution is 0.411. The SMILES string of the molecule is COc1cc(C)c(S(=O)(=O)NCc2cccc(Cn3ccnc3C)c2)cc1C. The highest BCUT2D eigenvalue weighted by Gasteiger charge is 2.18. The van der Waals surface area contributed by atoms with Crippen LogP contribution in [0.1, 0.15) is 28.1 Å². The fraction of sp³-hybridized carbons (Fsp3) is 0.286. The molecular weight excluding hydrogens is 374 g/mol. The molecule has 0 saturated carbocycles. The lowest BCUT2D eigenvalue weighted by atomic mass is 10.1. The fourth-order valence-electron chi connectivity index (χ4n) is 3.13. The van der Waals surface area contributed by atoms with Gasteiger partial charge in [0.2, 0.25) is 10.0 Å². The zero-order valence-corrected chi connectivity index (χ0v) is 17.4. The molecule has 0 bridgehead atoms. The first-order chi connectivity index (χ1) is 13.3. The first kappa shape index (κ1) is 20.1. The smallest absolute Gasteiger partial charge is 0.241 e. The van der Waals surface area contributed by atoms with E-state index in [1.807, 2.05) is 48.9 Å². The Balaban J connectivity index is 1.75. The number of aryl methyl sites for hydroxylation is 3. The van der Waals surface area contributed by atoms with Gasteiger partial charge in [-0.05, 0) is 55.2 Å². The summed E-state index contributed by atoms with van der Waals surface area (Å²) in [5, 5.41) is 0. The van der Waals surface area contributed by atoms with Crippen LogP contribution in [0.5, 0.6) is 5.75 Å². The molecule has 1 aromatic heterocycles. The molecule has 0 amide bonds. The Kier molecular flexibility index (Phi) is 5.86. The number of imidazole rings is 1. The Morgan fingerprint density at radius 2 is 1.82 bits per heavy atom. The molecular formula is C21H25N3O3S. The van der Waals surface area contributed by atoms with Gasteiger partial charge in [-0.25, -0.2) is 18.1 Å². The molecule has 0 saturated heterocycles. The minimum atomic E-state index is -3.63. The van der Waals surface area contributed by atoms with Gasteiger partial charge in [-0.2, -0.15) is 0 Å². The lowest BCUT2D eigenvalue weighted by Crippen LogP contribution is -2.24. The number of ether oxygens (including phenoxy) is 1. The second-order valence-electron chi connectivity index (χ2n) is 6.83. The molecule has 7 heteroatoms. The summed E-state index contributed by atoms with van der Waals surface area (Å²) in [5.74, 6) is 1.62. The van der Waals surface area contributed by atoms with E-state index in [-0.39, 0.29) is 11.4 Å². The van der Waals surface area contributed by atoms with Crippen molar-refractivity contribution in [3.8, 4) is 5.75 Å². The number of sulfonamides is 1. The molecule has 0 fully saturated rings. The number of nitrogens with one attached hydrogen (secondary N) is 1. The van der Waals surface area contributed by atoms with E-state index in [4.69, 9.17) is 4.74 Å². The van der Waals surface area contributed by atoms with Crippen LogP contribution in [0.25, 0.3) is 0 Å². The Labute approximate surface area is 166 Å². The van der Waals surface area contributed by atoms with Crippen molar-refractivity contribution in [3.63, 3.8) is 0 Å². The van der Waals surface area contributed by atoms with Crippen molar-refractivity contribution in [1.82, 2.24) is 14.3 Å². The molecule has 3 rings (SSSR count). The standard InChI is InChI=1S/C21H25N3O3S/c1-15-11-21(16(2)10-20(15)27-4)28(25,26)23-13-18-6-5-7-19(12-18)14-24-9-8-22-17(24)3/h5-12,23H,13-14H2,1-4H3. The molecule has 3 aromatic rings. The molecule has 0 aliphatic carbocycles. The quantitative estimate of drug-likeness (QED) is 0.661. The number of hydrogen-bond donors (Lipinski definition) is 1. The van der Waals surface area contributed by atoms with E-state index in [0.29, 0.717) is 17.9 Å². The van der Waals surface area contributed by atoms with Gasteiger partial charge in [0, 0.05) is 25.5 Å². The number of methoxy groups -OCH3 is 1. The Hall–Kier alpha value is -2.64. The molecule has 0 atom stereocenters. The van der Waals surface area contributed by atoms with Crippen LogP contribution in [0, 0.1) is 20.8 Å². The Morgan fingerprint density at radius 1 is 1.07 bits per heavy atom. The molecule has 148 valence electrons. The van der Waals surface area contributed by atoms with E-state index in [0.717, 1.165) is 22.5 Å². The van der Waals surface area contributed by atoms with E-state index < -0.39 is 10.0 Å². The first-order valence-electron chi connectivity index (χ1n) is 9.00. The predicted molar refractivity (Wildman–Crippen MR) is 109 cm³/mol. The molecule has 1 heterocycles. The minimum Gasteiger partial charge on any atom is -0.496 e. The van der Waals surface area contributed by atoms with Crippen LogP contribution < -0.4 is 9.46 Å². The van der Waals surface area contributed by atoms with Gasteiger partial charge in [-0.3, -0.25) is 0 Å². The highest BCUT2D eigenvalue weighted by atomic mass is 32.2. The second kappa shape index (κ2) is 8.16. The third-order valence-corrected chi connectivity index (χ3v) is 6.26. The van der Waals surface area contributed by atoms with Gasteiger partial charge in [0.15, 0.2) is 0 Å². The summed E-state index contributed by atoms with van der Waals surface area (Å²) in [6.45, 7) is 6.48. The van der Waals surface area contributed by atoms with Gasteiger partial charge < -0.3 is 9.30 Å². The van der Waals surface area contributed by atoms with Crippen LogP contribution in [0.3, 0.4) is 0 Å². The molecule has 1 N–H and O–H groups in total. The van der Waals surface area contributed by atoms with Crippen molar-refractivity contribution in [2.24, 2.45) is 0 Å². The van der Waals surface area contributed by atoms with Crippen molar-refractivity contribution in [3.05, 3.63) is 76.9 Å². The first-order valence-corrected chi connectivity index (χ1v) is 10.5. The number of nitrogens with zero attached hydrogens (tertiary/aromatic N) is 2.